The van der Waals surface area contributed by atoms with E-state index in [1.54, 1.807) is 4.68 Å². The Morgan fingerprint density at radius 1 is 1.10 bits per heavy atom. The molecule has 1 fully saturated rings. The van der Waals surface area contributed by atoms with E-state index in [4.69, 9.17) is 4.52 Å². The molecule has 158 valence electrons. The Kier molecular flexibility index (Phi) is 5.91. The molecule has 3 heterocycles. The summed E-state index contributed by atoms with van der Waals surface area (Å²) in [6, 6.07) is 9.94. The minimum absolute atomic E-state index is 0.0221. The van der Waals surface area contributed by atoms with Gasteiger partial charge >= 0.3 is 0 Å². The van der Waals surface area contributed by atoms with Crippen molar-refractivity contribution in [3.05, 3.63) is 47.5 Å². The van der Waals surface area contributed by atoms with Gasteiger partial charge in [0.2, 0.25) is 17.6 Å². The zero-order chi connectivity index (χ0) is 21.1. The number of aryl methyl sites for hydroxylation is 3. The van der Waals surface area contributed by atoms with Gasteiger partial charge in [-0.05, 0) is 13.8 Å². The highest BCUT2D eigenvalue weighted by molar-refractivity contribution is 5.91. The van der Waals surface area contributed by atoms with Gasteiger partial charge in [-0.2, -0.15) is 10.1 Å². The fourth-order valence-electron chi connectivity index (χ4n) is 3.55. The van der Waals surface area contributed by atoms with Crippen molar-refractivity contribution in [3.63, 3.8) is 0 Å². The minimum atomic E-state index is -0.0221. The van der Waals surface area contributed by atoms with E-state index in [0.29, 0.717) is 24.8 Å². The van der Waals surface area contributed by atoms with Crippen molar-refractivity contribution in [2.45, 2.75) is 20.4 Å². The molecule has 0 saturated carbocycles. The van der Waals surface area contributed by atoms with Crippen LogP contribution in [0.3, 0.4) is 0 Å². The Hall–Kier alpha value is -3.04. The Morgan fingerprint density at radius 3 is 2.47 bits per heavy atom. The van der Waals surface area contributed by atoms with Crippen LogP contribution in [0.15, 0.2) is 34.9 Å². The quantitative estimate of drug-likeness (QED) is 0.664. The number of carbonyl (C=O) groups excluding carboxylic acids is 1. The summed E-state index contributed by atoms with van der Waals surface area (Å²) in [4.78, 5) is 21.3. The van der Waals surface area contributed by atoms with Gasteiger partial charge in [-0.25, -0.2) is 0 Å². The highest BCUT2D eigenvalue weighted by atomic mass is 16.5. The van der Waals surface area contributed by atoms with Gasteiger partial charge in [0.1, 0.15) is 5.82 Å². The van der Waals surface area contributed by atoms with E-state index in [9.17, 15) is 4.79 Å². The molecule has 9 nitrogen and oxygen atoms in total. The number of nitrogens with one attached hydrogen (secondary N) is 1. The van der Waals surface area contributed by atoms with E-state index in [1.807, 2.05) is 44.3 Å². The van der Waals surface area contributed by atoms with Gasteiger partial charge in [0, 0.05) is 44.9 Å². The van der Waals surface area contributed by atoms with Gasteiger partial charge < -0.3 is 9.84 Å². The molecule has 3 aromatic rings. The van der Waals surface area contributed by atoms with E-state index in [1.165, 1.54) is 5.56 Å². The van der Waals surface area contributed by atoms with Gasteiger partial charge in [0.15, 0.2) is 0 Å². The summed E-state index contributed by atoms with van der Waals surface area (Å²) in [6.07, 6.45) is 0. The zero-order valence-electron chi connectivity index (χ0n) is 17.6. The van der Waals surface area contributed by atoms with Crippen LogP contribution in [-0.4, -0.2) is 68.4 Å². The van der Waals surface area contributed by atoms with Gasteiger partial charge in [0.25, 0.3) is 0 Å². The molecule has 1 aromatic carbocycles. The summed E-state index contributed by atoms with van der Waals surface area (Å²) in [5.74, 6) is 1.93. The average Bonchev–Trinajstić information content (AvgIpc) is 3.30. The molecule has 1 aliphatic heterocycles. The highest BCUT2D eigenvalue weighted by Crippen LogP contribution is 2.17. The van der Waals surface area contributed by atoms with Gasteiger partial charge in [-0.15, -0.1) is 0 Å². The summed E-state index contributed by atoms with van der Waals surface area (Å²) >= 11 is 0. The molecule has 1 amide bonds. The van der Waals surface area contributed by atoms with Gasteiger partial charge in [-0.3, -0.25) is 19.3 Å². The number of amides is 1. The van der Waals surface area contributed by atoms with Crippen LogP contribution in [0, 0.1) is 13.8 Å². The Morgan fingerprint density at radius 2 is 1.80 bits per heavy atom. The molecule has 0 aliphatic carbocycles. The maximum absolute atomic E-state index is 12.3. The summed E-state index contributed by atoms with van der Waals surface area (Å²) in [5, 5.41) is 11.3. The number of hydrogen-bond donors (Lipinski definition) is 1. The maximum atomic E-state index is 12.3. The number of piperazine rings is 1. The summed E-state index contributed by atoms with van der Waals surface area (Å²) in [6.45, 7) is 8.27. The van der Waals surface area contributed by atoms with Crippen molar-refractivity contribution in [1.29, 1.82) is 0 Å². The zero-order valence-corrected chi connectivity index (χ0v) is 17.6. The van der Waals surface area contributed by atoms with E-state index in [-0.39, 0.29) is 5.91 Å². The number of rotatable bonds is 6. The average molecular weight is 409 g/mol. The smallest absolute Gasteiger partial charge is 0.241 e. The lowest BCUT2D eigenvalue weighted by atomic mass is 10.1. The summed E-state index contributed by atoms with van der Waals surface area (Å²) in [7, 11) is 1.82. The lowest BCUT2D eigenvalue weighted by molar-refractivity contribution is -0.117. The number of anilines is 1. The van der Waals surface area contributed by atoms with Crippen LogP contribution in [0.4, 0.5) is 5.82 Å². The van der Waals surface area contributed by atoms with Crippen LogP contribution < -0.4 is 5.32 Å². The molecule has 0 radical (unpaired) electrons. The Balaban J connectivity index is 1.24. The van der Waals surface area contributed by atoms with Crippen LogP contribution >= 0.6 is 0 Å². The number of nitrogens with zero attached hydrogens (tertiary/aromatic N) is 6. The molecule has 0 unspecified atom stereocenters. The third-order valence-electron chi connectivity index (χ3n) is 5.24. The highest BCUT2D eigenvalue weighted by Gasteiger charge is 2.21. The molecule has 0 atom stereocenters. The molecule has 4 rings (SSSR count). The third kappa shape index (κ3) is 4.92. The van der Waals surface area contributed by atoms with E-state index in [2.05, 4.69) is 37.3 Å². The molecule has 9 heteroatoms. The molecule has 1 saturated heterocycles. The number of hydrogen-bond acceptors (Lipinski definition) is 7. The van der Waals surface area contributed by atoms with Crippen molar-refractivity contribution in [3.8, 4) is 11.4 Å². The second kappa shape index (κ2) is 8.76. The first-order chi connectivity index (χ1) is 14.5. The van der Waals surface area contributed by atoms with Crippen molar-refractivity contribution in [2.75, 3.05) is 38.0 Å². The maximum Gasteiger partial charge on any atom is 0.241 e. The minimum Gasteiger partial charge on any atom is -0.338 e. The monoisotopic (exact) mass is 409 g/mol. The van der Waals surface area contributed by atoms with Crippen LogP contribution in [0.5, 0.6) is 0 Å². The van der Waals surface area contributed by atoms with Crippen molar-refractivity contribution < 1.29 is 9.32 Å². The summed E-state index contributed by atoms with van der Waals surface area (Å²) < 4.78 is 7.12. The van der Waals surface area contributed by atoms with E-state index in [0.717, 1.165) is 43.3 Å². The van der Waals surface area contributed by atoms with Crippen molar-refractivity contribution in [1.82, 2.24) is 29.7 Å². The van der Waals surface area contributed by atoms with Crippen LogP contribution in [0.1, 0.15) is 17.1 Å². The normalized spacial score (nSPS) is 15.4. The molecule has 0 spiro atoms. The predicted octanol–water partition coefficient (Wildman–Crippen LogP) is 1.84. The summed E-state index contributed by atoms with van der Waals surface area (Å²) in [5.41, 5.74) is 3.03. The van der Waals surface area contributed by atoms with Crippen LogP contribution in [0.25, 0.3) is 11.4 Å². The third-order valence-corrected chi connectivity index (χ3v) is 5.24. The number of benzene rings is 1. The lowest BCUT2D eigenvalue weighted by Gasteiger charge is -2.33. The first-order valence-electron chi connectivity index (χ1n) is 10.1. The van der Waals surface area contributed by atoms with Crippen molar-refractivity contribution in [2.24, 2.45) is 7.05 Å². The predicted molar refractivity (Wildman–Crippen MR) is 113 cm³/mol. The first kappa shape index (κ1) is 20.2. The van der Waals surface area contributed by atoms with Crippen molar-refractivity contribution >= 4 is 11.7 Å². The molecule has 1 aliphatic rings. The fraction of sp³-hybridized carbons (Fsp3) is 0.429. The molecule has 30 heavy (non-hydrogen) atoms. The molecular weight excluding hydrogens is 382 g/mol. The van der Waals surface area contributed by atoms with Crippen LogP contribution in [0.2, 0.25) is 0 Å². The largest absolute Gasteiger partial charge is 0.338 e. The Labute approximate surface area is 175 Å². The SMILES string of the molecule is Cc1ccc(-c2noc(CN3CCN(CC(=O)Nc4cc(C)nn4C)CC3)n2)cc1. The second-order valence-corrected chi connectivity index (χ2v) is 7.77. The number of aromatic nitrogens is 4. The molecule has 0 bridgehead atoms. The Bertz CT molecular complexity index is 1000. The topological polar surface area (TPSA) is 92.3 Å². The van der Waals surface area contributed by atoms with Crippen LogP contribution in [-0.2, 0) is 18.4 Å². The fourth-order valence-corrected chi connectivity index (χ4v) is 3.55. The van der Waals surface area contributed by atoms with Gasteiger partial charge in [-0.1, -0.05) is 35.0 Å². The molecular formula is C21H27N7O2. The van der Waals surface area contributed by atoms with E-state index >= 15 is 0 Å². The van der Waals surface area contributed by atoms with E-state index < -0.39 is 0 Å². The number of carbonyl (C=O) groups is 1. The molecule has 1 N–H and O–H groups in total. The first-order valence-corrected chi connectivity index (χ1v) is 10.1. The standard InChI is InChI=1S/C21H27N7O2/c1-15-4-6-17(7-5-15)21-23-20(30-25-21)14-28-10-8-27(9-11-28)13-19(29)22-18-12-16(2)24-26(18)3/h4-7,12H,8-11,13-14H2,1-3H3,(H,22,29). The molecule has 2 aromatic heterocycles. The van der Waals surface area contributed by atoms with Gasteiger partial charge in [0.05, 0.1) is 18.8 Å². The second-order valence-electron chi connectivity index (χ2n) is 7.77. The lowest BCUT2D eigenvalue weighted by Crippen LogP contribution is -2.48.